The molecule has 1 aliphatic rings. The smallest absolute Gasteiger partial charge is 0.471 e. The van der Waals surface area contributed by atoms with E-state index in [1.807, 2.05) is 0 Å². The van der Waals surface area contributed by atoms with E-state index in [0.29, 0.717) is 17.3 Å². The van der Waals surface area contributed by atoms with Crippen molar-refractivity contribution >= 4 is 21.8 Å². The molecule has 0 unspecified atom stereocenters. The van der Waals surface area contributed by atoms with Gasteiger partial charge in [0.1, 0.15) is 5.75 Å². The summed E-state index contributed by atoms with van der Waals surface area (Å²) in [5.41, 5.74) is 1.63. The number of phenols is 1. The Bertz CT molecular complexity index is 483. The van der Waals surface area contributed by atoms with Crippen molar-refractivity contribution in [3.05, 3.63) is 27.7 Å². The maximum Gasteiger partial charge on any atom is 0.471 e. The second-order valence-corrected chi connectivity index (χ2v) is 5.22. The van der Waals surface area contributed by atoms with Gasteiger partial charge in [-0.1, -0.05) is 0 Å². The van der Waals surface area contributed by atoms with Gasteiger partial charge in [-0.15, -0.1) is 0 Å². The monoisotopic (exact) mass is 337 g/mol. The molecule has 0 saturated carbocycles. The van der Waals surface area contributed by atoms with E-state index in [1.165, 1.54) is 6.07 Å². The molecule has 1 aromatic carbocycles. The maximum absolute atomic E-state index is 12.4. The molecule has 1 aliphatic heterocycles. The van der Waals surface area contributed by atoms with Crippen LogP contribution in [0.2, 0.25) is 0 Å². The van der Waals surface area contributed by atoms with Crippen molar-refractivity contribution in [2.24, 2.45) is 0 Å². The van der Waals surface area contributed by atoms with Gasteiger partial charge in [-0.05, 0) is 52.0 Å². The zero-order valence-electron chi connectivity index (χ0n) is 9.80. The lowest BCUT2D eigenvalue weighted by Crippen LogP contribution is -2.42. The molecular weight excluding hydrogens is 327 g/mol. The highest BCUT2D eigenvalue weighted by atomic mass is 79.9. The molecule has 1 amide bonds. The van der Waals surface area contributed by atoms with Crippen molar-refractivity contribution in [2.45, 2.75) is 19.0 Å². The fourth-order valence-electron chi connectivity index (χ4n) is 2.12. The predicted molar refractivity (Wildman–Crippen MR) is 65.8 cm³/mol. The number of hydrogen-bond donors (Lipinski definition) is 1. The number of alkyl halides is 3. The van der Waals surface area contributed by atoms with Gasteiger partial charge in [-0.25, -0.2) is 0 Å². The normalized spacial score (nSPS) is 15.9. The molecule has 0 aliphatic carbocycles. The van der Waals surface area contributed by atoms with Crippen molar-refractivity contribution < 1.29 is 23.1 Å². The lowest BCUT2D eigenvalue weighted by Gasteiger charge is -2.21. The summed E-state index contributed by atoms with van der Waals surface area (Å²) in [6, 6.07) is 3.22. The van der Waals surface area contributed by atoms with Gasteiger partial charge < -0.3 is 10.0 Å². The van der Waals surface area contributed by atoms with E-state index in [-0.39, 0.29) is 18.8 Å². The predicted octanol–water partition coefficient (Wildman–Crippen LogP) is 2.64. The molecule has 1 aromatic rings. The molecule has 0 atom stereocenters. The Morgan fingerprint density at radius 3 is 2.26 bits per heavy atom. The van der Waals surface area contributed by atoms with Crippen LogP contribution in [0.15, 0.2) is 16.6 Å². The molecule has 19 heavy (non-hydrogen) atoms. The van der Waals surface area contributed by atoms with Crippen LogP contribution < -0.4 is 0 Å². The molecule has 0 radical (unpaired) electrons. The van der Waals surface area contributed by atoms with Crippen molar-refractivity contribution in [1.82, 2.24) is 4.90 Å². The third-order valence-corrected chi connectivity index (χ3v) is 3.74. The summed E-state index contributed by atoms with van der Waals surface area (Å²) < 4.78 is 37.7. The standard InChI is InChI=1S/C12H11BrF3NO2/c13-9-5-7-1-3-17(11(19)12(14,15)16)4-2-8(7)6-10(9)18/h5-6,18H,1-4H2. The summed E-state index contributed by atoms with van der Waals surface area (Å²) in [6.45, 7) is 0.0367. The Hall–Kier alpha value is -1.24. The van der Waals surface area contributed by atoms with Gasteiger partial charge in [0.15, 0.2) is 0 Å². The summed E-state index contributed by atoms with van der Waals surface area (Å²) >= 11 is 3.17. The Morgan fingerprint density at radius 1 is 1.21 bits per heavy atom. The summed E-state index contributed by atoms with van der Waals surface area (Å²) in [7, 11) is 0. The minimum absolute atomic E-state index is 0.00636. The lowest BCUT2D eigenvalue weighted by molar-refractivity contribution is -0.185. The topological polar surface area (TPSA) is 40.5 Å². The Morgan fingerprint density at radius 2 is 1.74 bits per heavy atom. The third kappa shape index (κ3) is 3.02. The fourth-order valence-corrected chi connectivity index (χ4v) is 2.51. The molecule has 7 heteroatoms. The zero-order chi connectivity index (χ0) is 14.2. The molecule has 2 rings (SSSR count). The number of amides is 1. The first kappa shape index (κ1) is 14.2. The molecule has 1 N–H and O–H groups in total. The van der Waals surface area contributed by atoms with Crippen LogP contribution in [0.1, 0.15) is 11.1 Å². The second-order valence-electron chi connectivity index (χ2n) is 4.36. The van der Waals surface area contributed by atoms with Crippen molar-refractivity contribution in [3.63, 3.8) is 0 Å². The van der Waals surface area contributed by atoms with Gasteiger partial charge in [-0.3, -0.25) is 4.79 Å². The number of nitrogens with zero attached hydrogens (tertiary/aromatic N) is 1. The van der Waals surface area contributed by atoms with Crippen molar-refractivity contribution in [1.29, 1.82) is 0 Å². The SMILES string of the molecule is O=C(N1CCc2cc(O)c(Br)cc2CC1)C(F)(F)F. The molecule has 0 aromatic heterocycles. The van der Waals surface area contributed by atoms with E-state index >= 15 is 0 Å². The number of carbonyl (C=O) groups is 1. The van der Waals surface area contributed by atoms with Gasteiger partial charge in [0.05, 0.1) is 4.47 Å². The lowest BCUT2D eigenvalue weighted by atomic mass is 10.0. The number of halogens is 4. The molecule has 0 fully saturated rings. The maximum atomic E-state index is 12.4. The molecular formula is C12H11BrF3NO2. The number of carbonyl (C=O) groups excluding carboxylic acids is 1. The molecule has 0 bridgehead atoms. The Balaban J connectivity index is 2.20. The largest absolute Gasteiger partial charge is 0.507 e. The van der Waals surface area contributed by atoms with Crippen LogP contribution in [-0.2, 0) is 17.6 Å². The number of benzene rings is 1. The summed E-state index contributed by atoms with van der Waals surface area (Å²) in [5, 5.41) is 9.56. The van der Waals surface area contributed by atoms with E-state index in [2.05, 4.69) is 15.9 Å². The van der Waals surface area contributed by atoms with Crippen molar-refractivity contribution in [2.75, 3.05) is 13.1 Å². The summed E-state index contributed by atoms with van der Waals surface area (Å²) in [6.07, 6.45) is -4.19. The summed E-state index contributed by atoms with van der Waals surface area (Å²) in [5.74, 6) is -1.75. The van der Waals surface area contributed by atoms with Gasteiger partial charge >= 0.3 is 12.1 Å². The van der Waals surface area contributed by atoms with Gasteiger partial charge in [-0.2, -0.15) is 13.2 Å². The minimum Gasteiger partial charge on any atom is -0.507 e. The first-order chi connectivity index (χ1) is 8.79. The fraction of sp³-hybridized carbons (Fsp3) is 0.417. The van der Waals surface area contributed by atoms with Crippen LogP contribution in [0.3, 0.4) is 0 Å². The van der Waals surface area contributed by atoms with Crippen LogP contribution in [-0.4, -0.2) is 35.2 Å². The quantitative estimate of drug-likeness (QED) is 0.790. The minimum atomic E-state index is -4.83. The Labute approximate surface area is 116 Å². The highest BCUT2D eigenvalue weighted by Gasteiger charge is 2.42. The average Bonchev–Trinajstić information content (AvgIpc) is 2.50. The van der Waals surface area contributed by atoms with Gasteiger partial charge in [0.2, 0.25) is 0 Å². The highest BCUT2D eigenvalue weighted by Crippen LogP contribution is 2.30. The van der Waals surface area contributed by atoms with Gasteiger partial charge in [0, 0.05) is 13.1 Å². The van der Waals surface area contributed by atoms with Crippen LogP contribution in [0.4, 0.5) is 13.2 Å². The van der Waals surface area contributed by atoms with E-state index in [0.717, 1.165) is 16.0 Å². The van der Waals surface area contributed by atoms with E-state index < -0.39 is 12.1 Å². The van der Waals surface area contributed by atoms with Crippen molar-refractivity contribution in [3.8, 4) is 5.75 Å². The highest BCUT2D eigenvalue weighted by molar-refractivity contribution is 9.10. The van der Waals surface area contributed by atoms with Crippen LogP contribution in [0.25, 0.3) is 0 Å². The van der Waals surface area contributed by atoms with Crippen LogP contribution in [0, 0.1) is 0 Å². The average molecular weight is 338 g/mol. The second kappa shape index (κ2) is 5.03. The molecule has 0 spiro atoms. The van der Waals surface area contributed by atoms with Crippen LogP contribution in [0.5, 0.6) is 5.75 Å². The Kier molecular flexibility index (Phi) is 3.75. The molecule has 3 nitrogen and oxygen atoms in total. The van der Waals surface area contributed by atoms with E-state index in [9.17, 15) is 23.1 Å². The van der Waals surface area contributed by atoms with Crippen LogP contribution >= 0.6 is 15.9 Å². The van der Waals surface area contributed by atoms with E-state index in [1.54, 1.807) is 6.07 Å². The number of phenolic OH excluding ortho intramolecular Hbond substituents is 1. The summed E-state index contributed by atoms with van der Waals surface area (Å²) in [4.78, 5) is 12.0. The third-order valence-electron chi connectivity index (χ3n) is 3.10. The van der Waals surface area contributed by atoms with Gasteiger partial charge in [0.25, 0.3) is 0 Å². The number of hydrogen-bond acceptors (Lipinski definition) is 2. The first-order valence-corrected chi connectivity index (χ1v) is 6.44. The molecule has 1 heterocycles. The molecule has 0 saturated heterocycles. The van der Waals surface area contributed by atoms with E-state index in [4.69, 9.17) is 0 Å². The number of aromatic hydroxyl groups is 1. The number of rotatable bonds is 0. The zero-order valence-corrected chi connectivity index (χ0v) is 11.4. The molecule has 104 valence electrons. The first-order valence-electron chi connectivity index (χ1n) is 5.65. The number of fused-ring (bicyclic) bond motifs is 1.